The van der Waals surface area contributed by atoms with Crippen molar-refractivity contribution in [2.45, 2.75) is 19.4 Å². The van der Waals surface area contributed by atoms with Gasteiger partial charge in [-0.25, -0.2) is 0 Å². The van der Waals surface area contributed by atoms with Crippen LogP contribution in [0.15, 0.2) is 22.7 Å². The average molecular weight is 381 g/mol. The first kappa shape index (κ1) is 18.3. The first-order valence-corrected chi connectivity index (χ1v) is 8.94. The van der Waals surface area contributed by atoms with Crippen LogP contribution in [-0.2, 0) is 11.3 Å². The number of nitrogens with one attached hydrogen (secondary N) is 1. The van der Waals surface area contributed by atoms with Crippen molar-refractivity contribution >= 4 is 15.9 Å². The van der Waals surface area contributed by atoms with E-state index in [-0.39, 0.29) is 0 Å². The van der Waals surface area contributed by atoms with Gasteiger partial charge in [0.05, 0.1) is 13.2 Å². The minimum atomic E-state index is 0.300. The highest BCUT2D eigenvalue weighted by atomic mass is 79.9. The van der Waals surface area contributed by atoms with Crippen LogP contribution in [0.5, 0.6) is 5.75 Å². The zero-order chi connectivity index (χ0) is 16.3. The van der Waals surface area contributed by atoms with Gasteiger partial charge in [0.1, 0.15) is 12.4 Å². The molecule has 1 aromatic rings. The van der Waals surface area contributed by atoms with Gasteiger partial charge in [0.15, 0.2) is 0 Å². The zero-order valence-electron chi connectivity index (χ0n) is 13.5. The quantitative estimate of drug-likeness (QED) is 0.527. The van der Waals surface area contributed by atoms with Crippen LogP contribution >= 0.6 is 15.9 Å². The number of nitrogens with zero attached hydrogens (tertiary/aromatic N) is 1. The highest BCUT2D eigenvalue weighted by Gasteiger charge is 2.09. The van der Waals surface area contributed by atoms with Gasteiger partial charge in [-0.15, -0.1) is 6.42 Å². The van der Waals surface area contributed by atoms with E-state index >= 15 is 0 Å². The summed E-state index contributed by atoms with van der Waals surface area (Å²) in [6.07, 6.45) is 7.65. The molecule has 0 amide bonds. The van der Waals surface area contributed by atoms with E-state index in [1.807, 2.05) is 12.1 Å². The molecule has 126 valence electrons. The van der Waals surface area contributed by atoms with Crippen molar-refractivity contribution in [1.82, 2.24) is 10.2 Å². The number of morpholine rings is 1. The molecule has 0 unspecified atom stereocenters. The highest BCUT2D eigenvalue weighted by Crippen LogP contribution is 2.23. The lowest BCUT2D eigenvalue weighted by molar-refractivity contribution is 0.0372. The van der Waals surface area contributed by atoms with Crippen LogP contribution in [0.4, 0.5) is 0 Å². The zero-order valence-corrected chi connectivity index (χ0v) is 15.1. The molecule has 1 aromatic carbocycles. The summed E-state index contributed by atoms with van der Waals surface area (Å²) in [5.74, 6) is 3.36. The largest absolute Gasteiger partial charge is 0.481 e. The second kappa shape index (κ2) is 10.7. The van der Waals surface area contributed by atoms with E-state index in [0.29, 0.717) is 6.61 Å². The maximum atomic E-state index is 5.58. The summed E-state index contributed by atoms with van der Waals surface area (Å²) in [6.45, 7) is 7.15. The molecule has 0 aromatic heterocycles. The SMILES string of the molecule is C#CCOc1ccc(Br)cc1CNCCCCN1CCOCC1. The van der Waals surface area contributed by atoms with E-state index in [4.69, 9.17) is 15.9 Å². The Morgan fingerprint density at radius 2 is 2.13 bits per heavy atom. The number of ether oxygens (including phenoxy) is 2. The van der Waals surface area contributed by atoms with Crippen molar-refractivity contribution in [3.8, 4) is 18.1 Å². The van der Waals surface area contributed by atoms with Gasteiger partial charge in [-0.1, -0.05) is 21.9 Å². The van der Waals surface area contributed by atoms with E-state index < -0.39 is 0 Å². The lowest BCUT2D eigenvalue weighted by atomic mass is 10.2. The third-order valence-corrected chi connectivity index (χ3v) is 4.32. The van der Waals surface area contributed by atoms with E-state index in [1.165, 1.54) is 19.4 Å². The Kier molecular flexibility index (Phi) is 8.48. The Morgan fingerprint density at radius 3 is 2.91 bits per heavy atom. The number of rotatable bonds is 9. The van der Waals surface area contributed by atoms with Gasteiger partial charge in [-0.3, -0.25) is 4.90 Å². The normalized spacial score (nSPS) is 15.3. The number of benzene rings is 1. The monoisotopic (exact) mass is 380 g/mol. The number of unbranched alkanes of at least 4 members (excludes halogenated alkanes) is 1. The van der Waals surface area contributed by atoms with Gasteiger partial charge in [-0.2, -0.15) is 0 Å². The Morgan fingerprint density at radius 1 is 1.30 bits per heavy atom. The van der Waals surface area contributed by atoms with E-state index in [0.717, 1.165) is 55.2 Å². The van der Waals surface area contributed by atoms with Crippen molar-refractivity contribution in [2.24, 2.45) is 0 Å². The molecule has 23 heavy (non-hydrogen) atoms. The van der Waals surface area contributed by atoms with Crippen LogP contribution < -0.4 is 10.1 Å². The van der Waals surface area contributed by atoms with Gasteiger partial charge >= 0.3 is 0 Å². The van der Waals surface area contributed by atoms with Crippen LogP contribution in [0.25, 0.3) is 0 Å². The molecule has 5 heteroatoms. The minimum Gasteiger partial charge on any atom is -0.481 e. The summed E-state index contributed by atoms with van der Waals surface area (Å²) in [5.41, 5.74) is 1.13. The summed E-state index contributed by atoms with van der Waals surface area (Å²) in [7, 11) is 0. The standard InChI is InChI=1S/C18H25BrN2O2/c1-2-11-23-18-6-5-17(19)14-16(18)15-20-7-3-4-8-21-9-12-22-13-10-21/h1,5-6,14,20H,3-4,7-13,15H2. The second-order valence-electron chi connectivity index (χ2n) is 5.58. The van der Waals surface area contributed by atoms with Crippen molar-refractivity contribution in [3.05, 3.63) is 28.2 Å². The third kappa shape index (κ3) is 6.92. The molecular weight excluding hydrogens is 356 g/mol. The van der Waals surface area contributed by atoms with Gasteiger partial charge in [-0.05, 0) is 44.1 Å². The molecular formula is C18H25BrN2O2. The molecule has 0 atom stereocenters. The van der Waals surface area contributed by atoms with Crippen LogP contribution in [-0.4, -0.2) is 50.9 Å². The van der Waals surface area contributed by atoms with Gasteiger partial charge in [0.2, 0.25) is 0 Å². The minimum absolute atomic E-state index is 0.300. The first-order valence-electron chi connectivity index (χ1n) is 8.15. The Bertz CT molecular complexity index is 510. The molecule has 1 aliphatic heterocycles. The fraction of sp³-hybridized carbons (Fsp3) is 0.556. The molecule has 0 aliphatic carbocycles. The van der Waals surface area contributed by atoms with Gasteiger partial charge < -0.3 is 14.8 Å². The molecule has 1 heterocycles. The summed E-state index contributed by atoms with van der Waals surface area (Å²) in [6, 6.07) is 6.00. The highest BCUT2D eigenvalue weighted by molar-refractivity contribution is 9.10. The molecule has 1 saturated heterocycles. The molecule has 2 rings (SSSR count). The average Bonchev–Trinajstić information content (AvgIpc) is 2.58. The number of terminal acetylenes is 1. The lowest BCUT2D eigenvalue weighted by Gasteiger charge is -2.26. The Hall–Kier alpha value is -1.06. The predicted octanol–water partition coefficient (Wildman–Crippen LogP) is 2.66. The Balaban J connectivity index is 1.65. The molecule has 0 saturated carbocycles. The molecule has 0 spiro atoms. The maximum absolute atomic E-state index is 5.58. The summed E-state index contributed by atoms with van der Waals surface area (Å²) >= 11 is 3.50. The van der Waals surface area contributed by atoms with Crippen LogP contribution in [0.1, 0.15) is 18.4 Å². The molecule has 1 N–H and O–H groups in total. The summed E-state index contributed by atoms with van der Waals surface area (Å²) in [5, 5.41) is 3.49. The van der Waals surface area contributed by atoms with Crippen molar-refractivity contribution in [2.75, 3.05) is 46.0 Å². The molecule has 0 radical (unpaired) electrons. The lowest BCUT2D eigenvalue weighted by Crippen LogP contribution is -2.37. The van der Waals surface area contributed by atoms with Crippen molar-refractivity contribution < 1.29 is 9.47 Å². The van der Waals surface area contributed by atoms with E-state index in [1.54, 1.807) is 0 Å². The number of halogens is 1. The van der Waals surface area contributed by atoms with Crippen LogP contribution in [0, 0.1) is 12.3 Å². The fourth-order valence-electron chi connectivity index (χ4n) is 2.58. The maximum Gasteiger partial charge on any atom is 0.148 e. The van der Waals surface area contributed by atoms with Gasteiger partial charge in [0, 0.05) is 29.7 Å². The smallest absolute Gasteiger partial charge is 0.148 e. The number of hydrogen-bond donors (Lipinski definition) is 1. The summed E-state index contributed by atoms with van der Waals surface area (Å²) in [4.78, 5) is 2.48. The first-order chi connectivity index (χ1) is 11.3. The fourth-order valence-corrected chi connectivity index (χ4v) is 2.99. The second-order valence-corrected chi connectivity index (χ2v) is 6.50. The van der Waals surface area contributed by atoms with Crippen molar-refractivity contribution in [3.63, 3.8) is 0 Å². The topological polar surface area (TPSA) is 33.7 Å². The molecule has 1 fully saturated rings. The molecule has 0 bridgehead atoms. The van der Waals surface area contributed by atoms with Crippen molar-refractivity contribution in [1.29, 1.82) is 0 Å². The summed E-state index contributed by atoms with van der Waals surface area (Å²) < 4.78 is 12.0. The van der Waals surface area contributed by atoms with E-state index in [9.17, 15) is 0 Å². The number of hydrogen-bond acceptors (Lipinski definition) is 4. The third-order valence-electron chi connectivity index (χ3n) is 3.83. The van der Waals surface area contributed by atoms with Crippen LogP contribution in [0.2, 0.25) is 0 Å². The van der Waals surface area contributed by atoms with Crippen LogP contribution in [0.3, 0.4) is 0 Å². The molecule has 4 nitrogen and oxygen atoms in total. The Labute approximate surface area is 147 Å². The molecule has 1 aliphatic rings. The van der Waals surface area contributed by atoms with E-state index in [2.05, 4.69) is 38.1 Å². The predicted molar refractivity (Wildman–Crippen MR) is 96.7 cm³/mol. The van der Waals surface area contributed by atoms with Gasteiger partial charge in [0.25, 0.3) is 0 Å².